The molecule has 2 N–H and O–H groups in total. The summed E-state index contributed by atoms with van der Waals surface area (Å²) >= 11 is 0. The van der Waals surface area contributed by atoms with Gasteiger partial charge in [-0.15, -0.1) is 0 Å². The lowest BCUT2D eigenvalue weighted by molar-refractivity contribution is 0.0696. The number of aromatic nitrogens is 2. The van der Waals surface area contributed by atoms with Gasteiger partial charge in [0.25, 0.3) is 22.2 Å². The first kappa shape index (κ1) is 23.5. The highest BCUT2D eigenvalue weighted by Crippen LogP contribution is 2.29. The van der Waals surface area contributed by atoms with Crippen molar-refractivity contribution in [2.45, 2.75) is 6.92 Å². The number of ether oxygens (including phenoxy) is 1. The molecule has 0 unspecified atom stereocenters. The largest absolute Gasteiger partial charge is 0.508 e. The molecular weight excluding hydrogens is 480 g/mol. The predicted molar refractivity (Wildman–Crippen MR) is 137 cm³/mol. The van der Waals surface area contributed by atoms with Crippen LogP contribution in [0.25, 0.3) is 33.0 Å². The van der Waals surface area contributed by atoms with Crippen LogP contribution in [-0.2, 0) is 7.05 Å². The van der Waals surface area contributed by atoms with Gasteiger partial charge in [0.05, 0.1) is 32.8 Å². The summed E-state index contributed by atoms with van der Waals surface area (Å²) in [5.74, 6) is -1.17. The van der Waals surface area contributed by atoms with Crippen molar-refractivity contribution in [2.24, 2.45) is 7.05 Å². The minimum atomic E-state index is -1.42. The molecule has 2 heterocycles. The van der Waals surface area contributed by atoms with Gasteiger partial charge < -0.3 is 14.9 Å². The van der Waals surface area contributed by atoms with Gasteiger partial charge >= 0.3 is 5.97 Å². The molecule has 0 aliphatic rings. The summed E-state index contributed by atoms with van der Waals surface area (Å²) in [7, 11) is 1.30. The molecule has 0 radical (unpaired) electrons. The lowest BCUT2D eigenvalue weighted by atomic mass is 10.1. The number of carbonyl (C=O) groups is 1. The van der Waals surface area contributed by atoms with E-state index in [4.69, 9.17) is 4.74 Å². The Morgan fingerprint density at radius 2 is 1.24 bits per heavy atom. The number of aromatic carboxylic acids is 1. The van der Waals surface area contributed by atoms with Crippen molar-refractivity contribution in [3.05, 3.63) is 113 Å². The van der Waals surface area contributed by atoms with Gasteiger partial charge in [-0.3, -0.25) is 23.7 Å². The minimum absolute atomic E-state index is 0.000478. The van der Waals surface area contributed by atoms with E-state index in [1.165, 1.54) is 37.4 Å². The van der Waals surface area contributed by atoms with E-state index in [1.807, 2.05) is 0 Å². The second-order valence-corrected chi connectivity index (χ2v) is 8.57. The number of aliphatic hydroxyl groups excluding tert-OH is 1. The van der Waals surface area contributed by atoms with Gasteiger partial charge in [-0.2, -0.15) is 0 Å². The summed E-state index contributed by atoms with van der Waals surface area (Å²) < 4.78 is 7.34. The van der Waals surface area contributed by atoms with Crippen LogP contribution in [0.3, 0.4) is 0 Å². The number of rotatable bonds is 5. The summed E-state index contributed by atoms with van der Waals surface area (Å²) in [5, 5.41) is 19.4. The molecule has 10 nitrogen and oxygen atoms in total. The maximum absolute atomic E-state index is 13.2. The molecule has 2 aromatic heterocycles. The molecule has 0 fully saturated rings. The number of aliphatic hydroxyl groups is 1. The molecule has 5 aromatic rings. The molecule has 37 heavy (non-hydrogen) atoms. The average Bonchev–Trinajstić information content (AvgIpc) is 3.23. The maximum atomic E-state index is 13.2. The van der Waals surface area contributed by atoms with Crippen molar-refractivity contribution in [2.75, 3.05) is 0 Å². The molecule has 0 amide bonds. The first-order valence-corrected chi connectivity index (χ1v) is 10.9. The number of aryl methyl sites for hydroxylation is 1. The Kier molecular flexibility index (Phi) is 5.18. The highest BCUT2D eigenvalue weighted by Gasteiger charge is 2.23. The Morgan fingerprint density at radius 1 is 0.757 bits per heavy atom. The standard InChI is InChI=1S/C27H18N2O8/c1-12-4-5-14(8-16(12)13(2)30)37-15-6-7-22(21(9-15)27(35)36)29-25(33)19-10-17-18(11-20(19)26(29)34)24(32)28(3)23(17)31/h4-11,30H,2H2,1,3H3,(H,35,36). The first-order chi connectivity index (χ1) is 17.5. The summed E-state index contributed by atoms with van der Waals surface area (Å²) in [5.41, 5.74) is -2.21. The Balaban J connectivity index is 1.67. The molecule has 0 spiro atoms. The van der Waals surface area contributed by atoms with Crippen LogP contribution in [0.5, 0.6) is 11.5 Å². The zero-order valence-electron chi connectivity index (χ0n) is 19.6. The molecule has 10 heteroatoms. The van der Waals surface area contributed by atoms with E-state index in [2.05, 4.69) is 6.58 Å². The van der Waals surface area contributed by atoms with Gasteiger partial charge in [0.15, 0.2) is 0 Å². The highest BCUT2D eigenvalue weighted by molar-refractivity contribution is 5.99. The minimum Gasteiger partial charge on any atom is -0.508 e. The van der Waals surface area contributed by atoms with E-state index in [-0.39, 0.29) is 44.3 Å². The molecule has 0 saturated heterocycles. The lowest BCUT2D eigenvalue weighted by Crippen LogP contribution is -2.25. The second-order valence-electron chi connectivity index (χ2n) is 8.57. The summed E-state index contributed by atoms with van der Waals surface area (Å²) in [6.07, 6.45) is 0. The molecular formula is C27H18N2O8. The SMILES string of the molecule is C=C(O)c1cc(Oc2ccc(-n3c(=O)c4cc5c(=O)n(C)c(=O)c5cc4c3=O)c(C(=O)O)c2)ccc1C. The van der Waals surface area contributed by atoms with Gasteiger partial charge in [0.2, 0.25) is 0 Å². The maximum Gasteiger partial charge on any atom is 0.337 e. The van der Waals surface area contributed by atoms with Crippen LogP contribution in [-0.4, -0.2) is 25.3 Å². The normalized spacial score (nSPS) is 11.3. The van der Waals surface area contributed by atoms with Crippen molar-refractivity contribution in [3.8, 4) is 17.2 Å². The van der Waals surface area contributed by atoms with E-state index in [9.17, 15) is 34.2 Å². The Hall–Kier alpha value is -5.25. The number of carboxylic acid groups (broad SMARTS) is 1. The molecule has 3 aromatic carbocycles. The third-order valence-corrected chi connectivity index (χ3v) is 6.29. The number of nitrogens with zero attached hydrogens (tertiary/aromatic N) is 2. The topological polar surface area (TPSA) is 145 Å². The molecule has 0 bridgehead atoms. The van der Waals surface area contributed by atoms with E-state index in [0.29, 0.717) is 15.9 Å². The van der Waals surface area contributed by atoms with Crippen LogP contribution in [0.15, 0.2) is 74.3 Å². The van der Waals surface area contributed by atoms with Gasteiger partial charge in [0, 0.05) is 12.6 Å². The van der Waals surface area contributed by atoms with Crippen LogP contribution in [0.2, 0.25) is 0 Å². The molecule has 5 rings (SSSR count). The molecule has 0 atom stereocenters. The van der Waals surface area contributed by atoms with Crippen molar-refractivity contribution in [1.29, 1.82) is 0 Å². The van der Waals surface area contributed by atoms with Crippen LogP contribution in [0.4, 0.5) is 0 Å². The van der Waals surface area contributed by atoms with E-state index < -0.39 is 28.2 Å². The molecule has 0 aliphatic carbocycles. The zero-order valence-corrected chi connectivity index (χ0v) is 19.6. The number of hydrogen-bond acceptors (Lipinski definition) is 7. The van der Waals surface area contributed by atoms with Crippen molar-refractivity contribution < 1.29 is 19.7 Å². The van der Waals surface area contributed by atoms with Crippen LogP contribution in [0.1, 0.15) is 21.5 Å². The second kappa shape index (κ2) is 8.16. The average molecular weight is 498 g/mol. The smallest absolute Gasteiger partial charge is 0.337 e. The fourth-order valence-corrected chi connectivity index (χ4v) is 4.37. The monoisotopic (exact) mass is 498 g/mol. The number of hydrogen-bond donors (Lipinski definition) is 2. The quantitative estimate of drug-likeness (QED) is 0.352. The molecule has 0 aliphatic heterocycles. The van der Waals surface area contributed by atoms with Crippen LogP contribution in [0, 0.1) is 6.92 Å². The third kappa shape index (κ3) is 3.54. The summed E-state index contributed by atoms with van der Waals surface area (Å²) in [4.78, 5) is 63.2. The van der Waals surface area contributed by atoms with Gasteiger partial charge in [-0.25, -0.2) is 9.36 Å². The number of carboxylic acids is 1. The summed E-state index contributed by atoms with van der Waals surface area (Å²) in [6.45, 7) is 5.28. The van der Waals surface area contributed by atoms with Gasteiger partial charge in [0.1, 0.15) is 17.3 Å². The van der Waals surface area contributed by atoms with Gasteiger partial charge in [-0.1, -0.05) is 12.6 Å². The fraction of sp³-hybridized carbons (Fsp3) is 0.0741. The van der Waals surface area contributed by atoms with E-state index >= 15 is 0 Å². The number of benzene rings is 3. The lowest BCUT2D eigenvalue weighted by Gasteiger charge is -2.12. The molecule has 0 saturated carbocycles. The van der Waals surface area contributed by atoms with E-state index in [0.717, 1.165) is 16.2 Å². The van der Waals surface area contributed by atoms with Crippen molar-refractivity contribution in [1.82, 2.24) is 9.13 Å². The van der Waals surface area contributed by atoms with Crippen molar-refractivity contribution in [3.63, 3.8) is 0 Å². The number of fused-ring (bicyclic) bond motifs is 2. The Morgan fingerprint density at radius 3 is 1.76 bits per heavy atom. The Labute approximate surface area is 206 Å². The van der Waals surface area contributed by atoms with Crippen LogP contribution >= 0.6 is 0 Å². The highest BCUT2D eigenvalue weighted by atomic mass is 16.5. The summed E-state index contributed by atoms with van der Waals surface area (Å²) in [6, 6.07) is 11.1. The Bertz CT molecular complexity index is 1940. The molecule has 184 valence electrons. The zero-order chi connectivity index (χ0) is 26.8. The first-order valence-electron chi connectivity index (χ1n) is 10.9. The van der Waals surface area contributed by atoms with Crippen molar-refractivity contribution >= 4 is 33.3 Å². The van der Waals surface area contributed by atoms with E-state index in [1.54, 1.807) is 19.1 Å². The predicted octanol–water partition coefficient (Wildman–Crippen LogP) is 2.77. The fourth-order valence-electron chi connectivity index (χ4n) is 4.37. The third-order valence-electron chi connectivity index (χ3n) is 6.29. The van der Waals surface area contributed by atoms with Gasteiger partial charge in [-0.05, 0) is 55.0 Å². The van der Waals surface area contributed by atoms with Crippen LogP contribution < -0.4 is 27.0 Å².